The van der Waals surface area contributed by atoms with Crippen molar-refractivity contribution in [1.29, 1.82) is 0 Å². The van der Waals surface area contributed by atoms with E-state index in [9.17, 15) is 19.1 Å². The second-order valence-corrected chi connectivity index (χ2v) is 10.4. The molecule has 4 rings (SSSR count). The van der Waals surface area contributed by atoms with Gasteiger partial charge in [-0.05, 0) is 76.1 Å². The largest absolute Gasteiger partial charge is 0.494 e. The van der Waals surface area contributed by atoms with Crippen molar-refractivity contribution in [3.8, 4) is 5.75 Å². The summed E-state index contributed by atoms with van der Waals surface area (Å²) in [7, 11) is 1.39. The molecular weight excluding hydrogens is 493 g/mol. The molecule has 38 heavy (non-hydrogen) atoms. The summed E-state index contributed by atoms with van der Waals surface area (Å²) >= 11 is 0. The molecule has 1 fully saturated rings. The summed E-state index contributed by atoms with van der Waals surface area (Å²) in [5.41, 5.74) is 0.702. The third-order valence-corrected chi connectivity index (χ3v) is 6.92. The van der Waals surface area contributed by atoms with Crippen LogP contribution < -0.4 is 15.4 Å². The Morgan fingerprint density at radius 3 is 2.61 bits per heavy atom. The average Bonchev–Trinajstić information content (AvgIpc) is 3.38. The van der Waals surface area contributed by atoms with E-state index in [1.165, 1.54) is 33.1 Å². The number of rotatable bonds is 8. The quantitative estimate of drug-likeness (QED) is 0.480. The Hall–Kier alpha value is -3.60. The molecular formula is C27H34FN5O5. The van der Waals surface area contributed by atoms with E-state index in [1.54, 1.807) is 19.1 Å². The van der Waals surface area contributed by atoms with Gasteiger partial charge in [0.2, 0.25) is 0 Å². The molecule has 1 aliphatic carbocycles. The summed E-state index contributed by atoms with van der Waals surface area (Å²) in [6.45, 7) is 4.85. The number of hydrogen-bond acceptors (Lipinski definition) is 8. The summed E-state index contributed by atoms with van der Waals surface area (Å²) < 4.78 is 18.6. The number of oxime groups is 1. The summed E-state index contributed by atoms with van der Waals surface area (Å²) in [6, 6.07) is 6.04. The van der Waals surface area contributed by atoms with Crippen molar-refractivity contribution in [2.24, 2.45) is 11.1 Å². The highest BCUT2D eigenvalue weighted by atomic mass is 19.1. The lowest BCUT2D eigenvalue weighted by Gasteiger charge is -2.32. The minimum atomic E-state index is -1.39. The van der Waals surface area contributed by atoms with E-state index in [4.69, 9.17) is 9.57 Å². The van der Waals surface area contributed by atoms with Gasteiger partial charge < -0.3 is 25.3 Å². The molecule has 3 N–H and O–H groups in total. The van der Waals surface area contributed by atoms with Crippen LogP contribution in [0.1, 0.15) is 73.5 Å². The summed E-state index contributed by atoms with van der Waals surface area (Å²) in [5, 5.41) is 19.8. The highest BCUT2D eigenvalue weighted by Gasteiger charge is 2.35. The van der Waals surface area contributed by atoms with Crippen LogP contribution in [0.4, 0.5) is 4.39 Å². The fourth-order valence-electron chi connectivity index (χ4n) is 4.72. The van der Waals surface area contributed by atoms with Crippen molar-refractivity contribution in [1.82, 2.24) is 20.6 Å². The zero-order valence-electron chi connectivity index (χ0n) is 22.1. The lowest BCUT2D eigenvalue weighted by Crippen LogP contribution is -2.48. The molecule has 0 radical (unpaired) electrons. The van der Waals surface area contributed by atoms with Crippen LogP contribution in [0.3, 0.4) is 0 Å². The number of aromatic nitrogens is 2. The molecule has 2 aromatic rings. The molecule has 2 heterocycles. The van der Waals surface area contributed by atoms with E-state index in [0.29, 0.717) is 29.2 Å². The molecule has 1 aromatic heterocycles. The number of nitrogens with zero attached hydrogens (tertiary/aromatic N) is 3. The summed E-state index contributed by atoms with van der Waals surface area (Å²) in [6.07, 6.45) is 3.82. The average molecular weight is 528 g/mol. The minimum absolute atomic E-state index is 0.0357. The highest BCUT2D eigenvalue weighted by Crippen LogP contribution is 2.33. The maximum absolute atomic E-state index is 13.6. The van der Waals surface area contributed by atoms with Crippen LogP contribution >= 0.6 is 0 Å². The number of aliphatic hydroxyl groups is 1. The number of benzene rings is 1. The van der Waals surface area contributed by atoms with Gasteiger partial charge in [-0.15, -0.1) is 0 Å². The van der Waals surface area contributed by atoms with Crippen LogP contribution in [0, 0.1) is 18.7 Å². The molecule has 0 saturated heterocycles. The lowest BCUT2D eigenvalue weighted by atomic mass is 9.81. The maximum atomic E-state index is 13.6. The van der Waals surface area contributed by atoms with Gasteiger partial charge in [0.1, 0.15) is 28.9 Å². The number of aryl methyl sites for hydroxylation is 1. The number of hydrogen-bond donors (Lipinski definition) is 3. The fraction of sp³-hybridized carbons (Fsp3) is 0.519. The van der Waals surface area contributed by atoms with Crippen molar-refractivity contribution >= 4 is 17.5 Å². The molecule has 1 saturated carbocycles. The molecule has 1 unspecified atom stereocenters. The highest BCUT2D eigenvalue weighted by molar-refractivity contribution is 6.02. The molecule has 0 spiro atoms. The van der Waals surface area contributed by atoms with Crippen LogP contribution in [-0.2, 0) is 16.2 Å². The van der Waals surface area contributed by atoms with Crippen molar-refractivity contribution in [2.45, 2.75) is 77.2 Å². The molecule has 1 aliphatic heterocycles. The number of halogens is 1. The van der Waals surface area contributed by atoms with E-state index in [-0.39, 0.29) is 47.9 Å². The SMILES string of the molecule is COc1cc(CNC(=O)c2cc(C3=NOC(C4CCC(NC(=O)C(C)(C)O)CC4)C3)nc(C)n2)ccc1F. The van der Waals surface area contributed by atoms with Gasteiger partial charge in [-0.3, -0.25) is 9.59 Å². The molecule has 1 atom stereocenters. The zero-order valence-corrected chi connectivity index (χ0v) is 22.1. The molecule has 10 nitrogen and oxygen atoms in total. The number of nitrogens with one attached hydrogen (secondary N) is 2. The third kappa shape index (κ3) is 6.63. The predicted octanol–water partition coefficient (Wildman–Crippen LogP) is 2.80. The smallest absolute Gasteiger partial charge is 0.270 e. The first kappa shape index (κ1) is 27.4. The van der Waals surface area contributed by atoms with Gasteiger partial charge >= 0.3 is 0 Å². The first-order chi connectivity index (χ1) is 18.0. The molecule has 2 aliphatic rings. The number of amides is 2. The monoisotopic (exact) mass is 527 g/mol. The number of methoxy groups -OCH3 is 1. The summed E-state index contributed by atoms with van der Waals surface area (Å²) in [5.74, 6) is -0.391. The van der Waals surface area contributed by atoms with Crippen LogP contribution in [0.25, 0.3) is 0 Å². The maximum Gasteiger partial charge on any atom is 0.270 e. The van der Waals surface area contributed by atoms with Crippen molar-refractivity contribution in [2.75, 3.05) is 7.11 Å². The third-order valence-electron chi connectivity index (χ3n) is 6.92. The van der Waals surface area contributed by atoms with E-state index in [2.05, 4.69) is 25.8 Å². The Kier molecular flexibility index (Phi) is 8.25. The van der Waals surface area contributed by atoms with Gasteiger partial charge in [0, 0.05) is 19.0 Å². The standard InChI is InChI=1S/C27H34FN5O5/c1-15-30-20(12-22(31-15)25(34)29-14-16-5-10-19(28)24(11-16)37-4)21-13-23(38-33-21)17-6-8-18(9-7-17)32-26(35)27(2,3)36/h5,10-12,17-18,23,36H,6-9,13-14H2,1-4H3,(H,29,34)(H,32,35). The van der Waals surface area contributed by atoms with Gasteiger partial charge in [-0.25, -0.2) is 14.4 Å². The van der Waals surface area contributed by atoms with Crippen LogP contribution in [0.5, 0.6) is 5.75 Å². The van der Waals surface area contributed by atoms with Crippen LogP contribution in [0.15, 0.2) is 29.4 Å². The van der Waals surface area contributed by atoms with E-state index < -0.39 is 11.4 Å². The minimum Gasteiger partial charge on any atom is -0.494 e. The molecule has 1 aromatic carbocycles. The fourth-order valence-corrected chi connectivity index (χ4v) is 4.72. The first-order valence-electron chi connectivity index (χ1n) is 12.8. The lowest BCUT2D eigenvalue weighted by molar-refractivity contribution is -0.137. The van der Waals surface area contributed by atoms with Crippen LogP contribution in [0.2, 0.25) is 0 Å². The van der Waals surface area contributed by atoms with Crippen molar-refractivity contribution < 1.29 is 28.7 Å². The van der Waals surface area contributed by atoms with Crippen LogP contribution in [-0.4, -0.2) is 57.5 Å². The van der Waals surface area contributed by atoms with E-state index >= 15 is 0 Å². The van der Waals surface area contributed by atoms with Gasteiger partial charge in [0.15, 0.2) is 11.6 Å². The predicted molar refractivity (Wildman–Crippen MR) is 137 cm³/mol. The van der Waals surface area contributed by atoms with Gasteiger partial charge in [0.05, 0.1) is 12.8 Å². The number of carbonyl (C=O) groups excluding carboxylic acids is 2. The Labute approximate surface area is 221 Å². The second-order valence-electron chi connectivity index (χ2n) is 10.4. The number of ether oxygens (including phenoxy) is 1. The summed E-state index contributed by atoms with van der Waals surface area (Å²) in [4.78, 5) is 39.4. The Balaban J connectivity index is 1.33. The number of carbonyl (C=O) groups is 2. The van der Waals surface area contributed by atoms with E-state index in [0.717, 1.165) is 25.7 Å². The molecule has 0 bridgehead atoms. The van der Waals surface area contributed by atoms with Gasteiger partial charge in [0.25, 0.3) is 11.8 Å². The normalized spacial score (nSPS) is 21.3. The topological polar surface area (TPSA) is 135 Å². The van der Waals surface area contributed by atoms with E-state index in [1.807, 2.05) is 0 Å². The Morgan fingerprint density at radius 2 is 1.92 bits per heavy atom. The Bertz CT molecular complexity index is 1220. The second kappa shape index (κ2) is 11.4. The molecule has 11 heteroatoms. The van der Waals surface area contributed by atoms with Crippen molar-refractivity contribution in [3.63, 3.8) is 0 Å². The van der Waals surface area contributed by atoms with Crippen molar-refractivity contribution in [3.05, 3.63) is 52.9 Å². The zero-order chi connectivity index (χ0) is 27.4. The Morgan fingerprint density at radius 1 is 1.18 bits per heavy atom. The van der Waals surface area contributed by atoms with Gasteiger partial charge in [-0.2, -0.15) is 0 Å². The molecule has 204 valence electrons. The molecule has 2 amide bonds. The van der Waals surface area contributed by atoms with Gasteiger partial charge in [-0.1, -0.05) is 11.2 Å². The first-order valence-corrected chi connectivity index (χ1v) is 12.8.